The van der Waals surface area contributed by atoms with Gasteiger partial charge in [0.15, 0.2) is 12.4 Å². The van der Waals surface area contributed by atoms with E-state index in [-0.39, 0.29) is 0 Å². The van der Waals surface area contributed by atoms with Gasteiger partial charge in [0.2, 0.25) is 8.32 Å². The predicted molar refractivity (Wildman–Crippen MR) is 72.2 cm³/mol. The van der Waals surface area contributed by atoms with Gasteiger partial charge in [-0.1, -0.05) is 30.3 Å². The predicted octanol–water partition coefficient (Wildman–Crippen LogP) is 2.65. The molecule has 3 nitrogen and oxygen atoms in total. The number of rotatable bonds is 5. The Hall–Kier alpha value is -1.65. The Morgan fingerprint density at radius 3 is 2.44 bits per heavy atom. The molecule has 4 heteroatoms. The molecular weight excluding hydrogens is 244 g/mol. The van der Waals surface area contributed by atoms with Crippen molar-refractivity contribution in [1.29, 1.82) is 0 Å². The van der Waals surface area contributed by atoms with Gasteiger partial charge in [0, 0.05) is 0 Å². The summed E-state index contributed by atoms with van der Waals surface area (Å²) >= 11 is 0. The first-order valence-corrected chi connectivity index (χ1v) is 8.76. The van der Waals surface area contributed by atoms with Crippen LogP contribution in [-0.2, 0) is 9.22 Å². The molecule has 0 aliphatic carbocycles. The number of furan rings is 1. The van der Waals surface area contributed by atoms with Crippen LogP contribution in [0.3, 0.4) is 0 Å². The van der Waals surface area contributed by atoms with Crippen LogP contribution in [0.15, 0.2) is 53.1 Å². The minimum Gasteiger partial charge on any atom is -0.466 e. The van der Waals surface area contributed by atoms with E-state index in [2.05, 4.69) is 13.1 Å². The van der Waals surface area contributed by atoms with Gasteiger partial charge < -0.3 is 8.84 Å². The van der Waals surface area contributed by atoms with E-state index >= 15 is 0 Å². The van der Waals surface area contributed by atoms with E-state index in [9.17, 15) is 4.79 Å². The lowest BCUT2D eigenvalue weighted by atomic mass is 10.3. The molecule has 0 radical (unpaired) electrons. The van der Waals surface area contributed by atoms with Gasteiger partial charge >= 0.3 is 0 Å². The summed E-state index contributed by atoms with van der Waals surface area (Å²) in [5.74, 6) is 0.557. The van der Waals surface area contributed by atoms with Crippen LogP contribution < -0.4 is 5.19 Å². The third-order valence-electron chi connectivity index (χ3n) is 2.84. The normalized spacial score (nSPS) is 13.2. The zero-order chi connectivity index (χ0) is 13.0. The second-order valence-electron chi connectivity index (χ2n) is 4.57. The molecule has 1 atom stereocenters. The number of carbonyl (C=O) groups is 1. The van der Waals surface area contributed by atoms with Crippen LogP contribution in [0.1, 0.15) is 11.9 Å². The molecule has 0 aliphatic rings. The lowest BCUT2D eigenvalue weighted by molar-refractivity contribution is -0.114. The standard InChI is InChI=1S/C14H16O3Si/c1-18(2,12-7-4-3-5-8-12)17-14(11-15)13-9-6-10-16-13/h3-11,14H,1-2H3. The molecule has 1 aromatic heterocycles. The molecule has 1 heterocycles. The van der Waals surface area contributed by atoms with Crippen LogP contribution in [0, 0.1) is 0 Å². The number of benzene rings is 1. The Bertz CT molecular complexity index is 491. The lowest BCUT2D eigenvalue weighted by Crippen LogP contribution is -2.45. The summed E-state index contributed by atoms with van der Waals surface area (Å²) in [6.07, 6.45) is 1.71. The quantitative estimate of drug-likeness (QED) is 0.613. The van der Waals surface area contributed by atoms with Crippen LogP contribution in [-0.4, -0.2) is 14.6 Å². The summed E-state index contributed by atoms with van der Waals surface area (Å²) in [7, 11) is -2.11. The second kappa shape index (κ2) is 5.33. The molecule has 1 aromatic carbocycles. The topological polar surface area (TPSA) is 39.4 Å². The fourth-order valence-electron chi connectivity index (χ4n) is 1.83. The molecular formula is C14H16O3Si. The molecule has 0 amide bonds. The van der Waals surface area contributed by atoms with Crippen molar-refractivity contribution >= 4 is 19.8 Å². The van der Waals surface area contributed by atoms with Gasteiger partial charge in [-0.05, 0) is 30.4 Å². The summed E-state index contributed by atoms with van der Waals surface area (Å²) in [5, 5.41) is 1.16. The third-order valence-corrected chi connectivity index (χ3v) is 5.40. The maximum atomic E-state index is 11.1. The highest BCUT2D eigenvalue weighted by Gasteiger charge is 2.30. The van der Waals surface area contributed by atoms with E-state index in [1.165, 1.54) is 0 Å². The lowest BCUT2D eigenvalue weighted by Gasteiger charge is -2.26. The van der Waals surface area contributed by atoms with E-state index in [4.69, 9.17) is 8.84 Å². The van der Waals surface area contributed by atoms with Crippen molar-refractivity contribution in [2.24, 2.45) is 0 Å². The van der Waals surface area contributed by atoms with Crippen molar-refractivity contribution < 1.29 is 13.6 Å². The third kappa shape index (κ3) is 2.78. The molecule has 0 aliphatic heterocycles. The Labute approximate surface area is 108 Å². The average Bonchev–Trinajstić information content (AvgIpc) is 2.91. The highest BCUT2D eigenvalue weighted by Crippen LogP contribution is 2.20. The van der Waals surface area contributed by atoms with Crippen molar-refractivity contribution in [3.63, 3.8) is 0 Å². The largest absolute Gasteiger partial charge is 0.466 e. The molecule has 0 N–H and O–H groups in total. The smallest absolute Gasteiger partial charge is 0.219 e. The van der Waals surface area contributed by atoms with Crippen molar-refractivity contribution in [2.75, 3.05) is 0 Å². The molecule has 0 bridgehead atoms. The van der Waals surface area contributed by atoms with Crippen LogP contribution in [0.5, 0.6) is 0 Å². The molecule has 1 unspecified atom stereocenters. The number of aldehydes is 1. The van der Waals surface area contributed by atoms with Crippen LogP contribution in [0.4, 0.5) is 0 Å². The first kappa shape index (κ1) is 12.8. The molecule has 2 aromatic rings. The Morgan fingerprint density at radius 2 is 1.89 bits per heavy atom. The maximum absolute atomic E-state index is 11.1. The molecule has 0 saturated carbocycles. The van der Waals surface area contributed by atoms with E-state index in [1.54, 1.807) is 18.4 Å². The number of hydrogen-bond donors (Lipinski definition) is 0. The van der Waals surface area contributed by atoms with Gasteiger partial charge in [-0.25, -0.2) is 0 Å². The van der Waals surface area contributed by atoms with Gasteiger partial charge in [0.05, 0.1) is 6.26 Å². The summed E-state index contributed by atoms with van der Waals surface area (Å²) < 4.78 is 11.2. The zero-order valence-electron chi connectivity index (χ0n) is 10.5. The summed E-state index contributed by atoms with van der Waals surface area (Å²) in [4.78, 5) is 11.1. The van der Waals surface area contributed by atoms with Gasteiger partial charge in [0.1, 0.15) is 5.76 Å². The van der Waals surface area contributed by atoms with Gasteiger partial charge in [-0.3, -0.25) is 4.79 Å². The second-order valence-corrected chi connectivity index (χ2v) is 8.40. The van der Waals surface area contributed by atoms with E-state index in [0.717, 1.165) is 11.5 Å². The van der Waals surface area contributed by atoms with Crippen molar-refractivity contribution in [3.05, 3.63) is 54.5 Å². The Kier molecular flexibility index (Phi) is 3.79. The summed E-state index contributed by atoms with van der Waals surface area (Å²) in [6, 6.07) is 13.5. The van der Waals surface area contributed by atoms with Crippen molar-refractivity contribution in [1.82, 2.24) is 0 Å². The minimum absolute atomic E-state index is 0.557. The van der Waals surface area contributed by atoms with Gasteiger partial charge in [-0.2, -0.15) is 0 Å². The van der Waals surface area contributed by atoms with Crippen molar-refractivity contribution in [2.45, 2.75) is 19.2 Å². The maximum Gasteiger partial charge on any atom is 0.219 e. The molecule has 0 spiro atoms. The number of hydrogen-bond acceptors (Lipinski definition) is 3. The van der Waals surface area contributed by atoms with Crippen LogP contribution >= 0.6 is 0 Å². The molecule has 2 rings (SSSR count). The van der Waals surface area contributed by atoms with Gasteiger partial charge in [-0.15, -0.1) is 0 Å². The fourth-order valence-corrected chi connectivity index (χ4v) is 3.77. The first-order chi connectivity index (χ1) is 8.63. The minimum atomic E-state index is -2.11. The fraction of sp³-hybridized carbons (Fsp3) is 0.214. The SMILES string of the molecule is C[Si](C)(OC(C=O)c1ccco1)c1ccccc1. The first-order valence-electron chi connectivity index (χ1n) is 5.85. The Balaban J connectivity index is 2.19. The van der Waals surface area contributed by atoms with Crippen LogP contribution in [0.2, 0.25) is 13.1 Å². The highest BCUT2D eigenvalue weighted by atomic mass is 28.4. The monoisotopic (exact) mass is 260 g/mol. The Morgan fingerprint density at radius 1 is 1.17 bits per heavy atom. The molecule has 18 heavy (non-hydrogen) atoms. The van der Waals surface area contributed by atoms with Crippen molar-refractivity contribution in [3.8, 4) is 0 Å². The van der Waals surface area contributed by atoms with E-state index in [0.29, 0.717) is 5.76 Å². The molecule has 94 valence electrons. The van der Waals surface area contributed by atoms with Crippen LogP contribution in [0.25, 0.3) is 0 Å². The molecule has 0 fully saturated rings. The van der Waals surface area contributed by atoms with Gasteiger partial charge in [0.25, 0.3) is 0 Å². The highest BCUT2D eigenvalue weighted by molar-refractivity contribution is 6.84. The summed E-state index contributed by atoms with van der Waals surface area (Å²) in [5.41, 5.74) is 0. The van der Waals surface area contributed by atoms with E-state index in [1.807, 2.05) is 30.3 Å². The van der Waals surface area contributed by atoms with E-state index < -0.39 is 14.4 Å². The number of carbonyl (C=O) groups excluding carboxylic acids is 1. The molecule has 0 saturated heterocycles. The zero-order valence-corrected chi connectivity index (χ0v) is 11.5. The average molecular weight is 260 g/mol. The summed E-state index contributed by atoms with van der Waals surface area (Å²) in [6.45, 7) is 4.14.